The number of anilines is 1. The van der Waals surface area contributed by atoms with Crippen molar-refractivity contribution in [3.05, 3.63) is 54.1 Å². The molecule has 2 bridgehead atoms. The summed E-state index contributed by atoms with van der Waals surface area (Å²) < 4.78 is 4.75. The Morgan fingerprint density at radius 3 is 2.11 bits per heavy atom. The fraction of sp³-hybridized carbons (Fsp3) is 0.458. The molecular weight excluding hydrogens is 334 g/mol. The second-order valence-electron chi connectivity index (χ2n) is 8.85. The Hall–Kier alpha value is -2.29. The predicted molar refractivity (Wildman–Crippen MR) is 110 cm³/mol. The molecule has 2 aromatic carbocycles. The fourth-order valence-corrected chi connectivity index (χ4v) is 5.23. The van der Waals surface area contributed by atoms with Gasteiger partial charge in [-0.2, -0.15) is 0 Å². The van der Waals surface area contributed by atoms with Crippen LogP contribution in [0.1, 0.15) is 44.0 Å². The molecule has 0 aliphatic heterocycles. The number of carbonyl (C=O) groups excluding carboxylic acids is 1. The monoisotopic (exact) mass is 363 g/mol. The Bertz CT molecular complexity index is 822. The molecule has 0 aromatic heterocycles. The largest absolute Gasteiger partial charge is 0.465 e. The zero-order valence-corrected chi connectivity index (χ0v) is 16.7. The van der Waals surface area contributed by atoms with E-state index in [1.807, 2.05) is 24.3 Å². The van der Waals surface area contributed by atoms with Gasteiger partial charge in [-0.15, -0.1) is 0 Å². The highest BCUT2D eigenvalue weighted by Crippen LogP contribution is 2.61. The average molecular weight is 364 g/mol. The van der Waals surface area contributed by atoms with E-state index in [1.54, 1.807) is 0 Å². The minimum atomic E-state index is -0.302. The van der Waals surface area contributed by atoms with Crippen LogP contribution in [0.3, 0.4) is 0 Å². The van der Waals surface area contributed by atoms with Gasteiger partial charge in [-0.25, -0.2) is 4.79 Å². The Balaban J connectivity index is 1.43. The van der Waals surface area contributed by atoms with Gasteiger partial charge in [0, 0.05) is 11.7 Å². The molecule has 27 heavy (non-hydrogen) atoms. The summed E-state index contributed by atoms with van der Waals surface area (Å²) in [7, 11) is 1.40. The van der Waals surface area contributed by atoms with Gasteiger partial charge in [0.25, 0.3) is 0 Å². The van der Waals surface area contributed by atoms with Crippen LogP contribution in [-0.4, -0.2) is 19.1 Å². The fourth-order valence-electron chi connectivity index (χ4n) is 5.23. The summed E-state index contributed by atoms with van der Waals surface area (Å²) in [6.07, 6.45) is 2.69. The van der Waals surface area contributed by atoms with E-state index in [4.69, 9.17) is 4.74 Å². The third-order valence-corrected chi connectivity index (χ3v) is 7.23. The van der Waals surface area contributed by atoms with Gasteiger partial charge < -0.3 is 10.1 Å². The van der Waals surface area contributed by atoms with E-state index in [0.29, 0.717) is 17.0 Å². The second-order valence-corrected chi connectivity index (χ2v) is 8.85. The van der Waals surface area contributed by atoms with Crippen LogP contribution in [0.25, 0.3) is 11.1 Å². The lowest BCUT2D eigenvalue weighted by molar-refractivity contribution is -0.105. The first-order chi connectivity index (χ1) is 12.9. The Morgan fingerprint density at radius 2 is 1.59 bits per heavy atom. The lowest BCUT2D eigenvalue weighted by Crippen LogP contribution is -2.58. The van der Waals surface area contributed by atoms with Gasteiger partial charge in [0.15, 0.2) is 0 Å². The van der Waals surface area contributed by atoms with Gasteiger partial charge in [0.1, 0.15) is 0 Å². The van der Waals surface area contributed by atoms with E-state index in [1.165, 1.54) is 25.6 Å². The van der Waals surface area contributed by atoms with Crippen LogP contribution < -0.4 is 5.32 Å². The summed E-state index contributed by atoms with van der Waals surface area (Å²) in [5.74, 6) is 2.13. The summed E-state index contributed by atoms with van der Waals surface area (Å²) in [6.45, 7) is 7.30. The van der Waals surface area contributed by atoms with Crippen molar-refractivity contribution in [3.63, 3.8) is 0 Å². The van der Waals surface area contributed by atoms with Gasteiger partial charge in [-0.05, 0) is 71.4 Å². The van der Waals surface area contributed by atoms with E-state index in [-0.39, 0.29) is 5.97 Å². The molecule has 0 amide bonds. The number of rotatable bonds is 4. The van der Waals surface area contributed by atoms with E-state index >= 15 is 0 Å². The first-order valence-corrected chi connectivity index (χ1v) is 9.95. The quantitative estimate of drug-likeness (QED) is 0.716. The highest BCUT2D eigenvalue weighted by atomic mass is 16.5. The minimum Gasteiger partial charge on any atom is -0.465 e. The molecule has 0 radical (unpaired) electrons. The molecule has 4 atom stereocenters. The molecule has 142 valence electrons. The Kier molecular flexibility index (Phi) is 4.49. The summed E-state index contributed by atoms with van der Waals surface area (Å²) in [5, 5.41) is 3.78. The van der Waals surface area contributed by atoms with Crippen LogP contribution in [0.5, 0.6) is 0 Å². The number of hydrogen-bond donors (Lipinski definition) is 1. The molecule has 0 unspecified atom stereocenters. The van der Waals surface area contributed by atoms with Crippen molar-refractivity contribution in [2.75, 3.05) is 12.4 Å². The molecule has 3 fully saturated rings. The summed E-state index contributed by atoms with van der Waals surface area (Å²) >= 11 is 0. The highest BCUT2D eigenvalue weighted by Gasteiger charge is 2.56. The molecule has 0 heterocycles. The molecule has 1 N–H and O–H groups in total. The van der Waals surface area contributed by atoms with Crippen molar-refractivity contribution in [2.45, 2.75) is 39.7 Å². The van der Waals surface area contributed by atoms with E-state index in [2.05, 4.69) is 50.4 Å². The molecule has 0 spiro atoms. The average Bonchev–Trinajstić information content (AvgIpc) is 2.69. The first kappa shape index (κ1) is 18.1. The standard InChI is InChI=1S/C24H29NO2/c1-15-21-13-19(24(21,2)3)14-22(15)25-20-11-9-17(10-12-20)16-5-7-18(8-6-16)23(26)27-4/h5-12,15,19,21-22,25H,13-14H2,1-4H3/t15-,19+,21+,22+/m1/s1. The van der Waals surface area contributed by atoms with E-state index in [9.17, 15) is 4.79 Å². The number of esters is 1. The number of carbonyl (C=O) groups is 1. The van der Waals surface area contributed by atoms with Crippen LogP contribution in [0.4, 0.5) is 5.69 Å². The highest BCUT2D eigenvalue weighted by molar-refractivity contribution is 5.90. The number of fused-ring (bicyclic) bond motifs is 2. The van der Waals surface area contributed by atoms with Gasteiger partial charge in [0.05, 0.1) is 12.7 Å². The summed E-state index contributed by atoms with van der Waals surface area (Å²) in [6, 6.07) is 16.8. The molecule has 3 nitrogen and oxygen atoms in total. The Labute approximate surface area is 162 Å². The number of benzene rings is 2. The number of ether oxygens (including phenoxy) is 1. The molecule has 2 aromatic rings. The predicted octanol–water partition coefficient (Wildman–Crippen LogP) is 5.62. The SMILES string of the molecule is COC(=O)c1ccc(-c2ccc(N[C@H]3C[C@@H]4C[C@@H]([C@H]3C)C4(C)C)cc2)cc1. The number of hydrogen-bond acceptors (Lipinski definition) is 3. The molecular formula is C24H29NO2. The van der Waals surface area contributed by atoms with Crippen molar-refractivity contribution in [1.29, 1.82) is 0 Å². The molecule has 0 saturated heterocycles. The van der Waals surface area contributed by atoms with E-state index in [0.717, 1.165) is 28.9 Å². The zero-order chi connectivity index (χ0) is 19.2. The number of nitrogens with one attached hydrogen (secondary N) is 1. The van der Waals surface area contributed by atoms with Gasteiger partial charge in [-0.3, -0.25) is 0 Å². The minimum absolute atomic E-state index is 0.302. The van der Waals surface area contributed by atoms with Crippen molar-refractivity contribution in [1.82, 2.24) is 0 Å². The maximum atomic E-state index is 11.6. The smallest absolute Gasteiger partial charge is 0.337 e. The lowest BCUT2D eigenvalue weighted by atomic mass is 9.45. The normalized spacial score (nSPS) is 28.1. The third kappa shape index (κ3) is 3.13. The summed E-state index contributed by atoms with van der Waals surface area (Å²) in [5.41, 5.74) is 4.55. The van der Waals surface area contributed by atoms with Crippen molar-refractivity contribution >= 4 is 11.7 Å². The van der Waals surface area contributed by atoms with Crippen LogP contribution in [0.2, 0.25) is 0 Å². The van der Waals surface area contributed by atoms with Crippen LogP contribution >= 0.6 is 0 Å². The second kappa shape index (κ2) is 6.70. The maximum Gasteiger partial charge on any atom is 0.337 e. The Morgan fingerprint density at radius 1 is 1.00 bits per heavy atom. The van der Waals surface area contributed by atoms with E-state index < -0.39 is 0 Å². The molecule has 5 rings (SSSR count). The molecule has 3 heteroatoms. The van der Waals surface area contributed by atoms with Crippen LogP contribution in [0, 0.1) is 23.2 Å². The summed E-state index contributed by atoms with van der Waals surface area (Å²) in [4.78, 5) is 11.6. The van der Waals surface area contributed by atoms with Gasteiger partial charge in [0.2, 0.25) is 0 Å². The molecule has 3 aliphatic carbocycles. The van der Waals surface area contributed by atoms with Crippen LogP contribution in [0.15, 0.2) is 48.5 Å². The first-order valence-electron chi connectivity index (χ1n) is 9.95. The topological polar surface area (TPSA) is 38.3 Å². The molecule has 3 saturated carbocycles. The van der Waals surface area contributed by atoms with Gasteiger partial charge in [-0.1, -0.05) is 45.0 Å². The van der Waals surface area contributed by atoms with Crippen molar-refractivity contribution < 1.29 is 9.53 Å². The zero-order valence-electron chi connectivity index (χ0n) is 16.7. The maximum absolute atomic E-state index is 11.6. The van der Waals surface area contributed by atoms with Gasteiger partial charge >= 0.3 is 5.97 Å². The van der Waals surface area contributed by atoms with Crippen LogP contribution in [-0.2, 0) is 4.74 Å². The third-order valence-electron chi connectivity index (χ3n) is 7.23. The van der Waals surface area contributed by atoms with Crippen molar-refractivity contribution in [3.8, 4) is 11.1 Å². The molecule has 3 aliphatic rings. The number of methoxy groups -OCH3 is 1. The lowest BCUT2D eigenvalue weighted by Gasteiger charge is -2.62. The van der Waals surface area contributed by atoms with Crippen molar-refractivity contribution in [2.24, 2.45) is 23.2 Å².